The lowest BCUT2D eigenvalue weighted by Crippen LogP contribution is -2.29. The zero-order valence-electron chi connectivity index (χ0n) is 11.0. The zero-order chi connectivity index (χ0) is 14.0. The molecule has 0 aromatic rings. The van der Waals surface area contributed by atoms with Gasteiger partial charge in [-0.3, -0.25) is 14.4 Å². The van der Waals surface area contributed by atoms with Crippen LogP contribution in [0.2, 0.25) is 0 Å². The van der Waals surface area contributed by atoms with Gasteiger partial charge in [-0.15, -0.1) is 0 Å². The average Bonchev–Trinajstić information content (AvgIpc) is 2.26. The summed E-state index contributed by atoms with van der Waals surface area (Å²) in [5, 5.41) is 13.9. The summed E-state index contributed by atoms with van der Waals surface area (Å²) in [6, 6.07) is 0. The monoisotopic (exact) mass is 258 g/mol. The van der Waals surface area contributed by atoms with Gasteiger partial charge in [0, 0.05) is 32.4 Å². The molecule has 6 nitrogen and oxygen atoms in total. The molecule has 6 heteroatoms. The zero-order valence-corrected chi connectivity index (χ0v) is 11.0. The lowest BCUT2D eigenvalue weighted by atomic mass is 10.1. The van der Waals surface area contributed by atoms with Crippen LogP contribution in [0, 0.1) is 5.92 Å². The highest BCUT2D eigenvalue weighted by Gasteiger charge is 2.09. The second-order valence-corrected chi connectivity index (χ2v) is 4.31. The van der Waals surface area contributed by atoms with Crippen molar-refractivity contribution in [2.24, 2.45) is 5.92 Å². The number of aliphatic carboxylic acids is 1. The largest absolute Gasteiger partial charge is 0.481 e. The molecule has 104 valence electrons. The van der Waals surface area contributed by atoms with Gasteiger partial charge in [0.05, 0.1) is 0 Å². The second-order valence-electron chi connectivity index (χ2n) is 4.31. The molecule has 0 aliphatic carbocycles. The maximum atomic E-state index is 11.4. The van der Waals surface area contributed by atoms with Crippen LogP contribution in [0.25, 0.3) is 0 Å². The van der Waals surface area contributed by atoms with Crippen LogP contribution in [0.1, 0.15) is 39.5 Å². The van der Waals surface area contributed by atoms with E-state index in [1.165, 1.54) is 0 Å². The number of amides is 2. The summed E-state index contributed by atoms with van der Waals surface area (Å²) in [6.07, 6.45) is 1.17. The number of rotatable bonds is 9. The van der Waals surface area contributed by atoms with Gasteiger partial charge < -0.3 is 15.7 Å². The molecule has 0 radical (unpaired) electrons. The Morgan fingerprint density at radius 1 is 1.11 bits per heavy atom. The molecule has 0 spiro atoms. The van der Waals surface area contributed by atoms with Crippen LogP contribution in [-0.2, 0) is 14.4 Å². The lowest BCUT2D eigenvalue weighted by Gasteiger charge is -2.10. The Morgan fingerprint density at radius 2 is 1.67 bits per heavy atom. The summed E-state index contributed by atoms with van der Waals surface area (Å²) in [5.41, 5.74) is 0. The molecule has 0 aromatic carbocycles. The van der Waals surface area contributed by atoms with Gasteiger partial charge in [0.2, 0.25) is 11.8 Å². The predicted octanol–water partition coefficient (Wildman–Crippen LogP) is 0.520. The maximum Gasteiger partial charge on any atom is 0.303 e. The number of carbonyl (C=O) groups is 3. The summed E-state index contributed by atoms with van der Waals surface area (Å²) >= 11 is 0. The molecule has 0 heterocycles. The van der Waals surface area contributed by atoms with E-state index in [9.17, 15) is 14.4 Å². The molecule has 0 fully saturated rings. The number of carbonyl (C=O) groups excluding carboxylic acids is 2. The Kier molecular flexibility index (Phi) is 8.61. The van der Waals surface area contributed by atoms with E-state index in [4.69, 9.17) is 5.11 Å². The summed E-state index contributed by atoms with van der Waals surface area (Å²) in [6.45, 7) is 4.56. The number of carboxylic acids is 1. The second kappa shape index (κ2) is 9.44. The van der Waals surface area contributed by atoms with Crippen LogP contribution in [0.15, 0.2) is 0 Å². The summed E-state index contributed by atoms with van der Waals surface area (Å²) in [5.74, 6) is -1.15. The molecule has 0 bridgehead atoms. The van der Waals surface area contributed by atoms with Crippen molar-refractivity contribution in [1.29, 1.82) is 0 Å². The number of hydrogen-bond donors (Lipinski definition) is 3. The van der Waals surface area contributed by atoms with Gasteiger partial charge >= 0.3 is 5.97 Å². The molecule has 0 saturated carbocycles. The van der Waals surface area contributed by atoms with Gasteiger partial charge in [-0.2, -0.15) is 0 Å². The highest BCUT2D eigenvalue weighted by molar-refractivity contribution is 5.78. The van der Waals surface area contributed by atoms with Crippen LogP contribution < -0.4 is 10.6 Å². The Morgan fingerprint density at radius 3 is 2.17 bits per heavy atom. The molecule has 0 aliphatic heterocycles. The SMILES string of the molecule is CCNC(=O)CCCC(=O)NCC(C)CC(=O)O. The third-order valence-corrected chi connectivity index (χ3v) is 2.35. The Labute approximate surface area is 107 Å². The molecule has 0 saturated heterocycles. The highest BCUT2D eigenvalue weighted by atomic mass is 16.4. The topological polar surface area (TPSA) is 95.5 Å². The Hall–Kier alpha value is -1.59. The quantitative estimate of drug-likeness (QED) is 0.562. The summed E-state index contributed by atoms with van der Waals surface area (Å²) < 4.78 is 0. The summed E-state index contributed by atoms with van der Waals surface area (Å²) in [4.78, 5) is 32.9. The maximum absolute atomic E-state index is 11.4. The minimum Gasteiger partial charge on any atom is -0.481 e. The van der Waals surface area contributed by atoms with Gasteiger partial charge in [0.1, 0.15) is 0 Å². The molecule has 3 N–H and O–H groups in total. The van der Waals surface area contributed by atoms with E-state index in [0.29, 0.717) is 25.9 Å². The smallest absolute Gasteiger partial charge is 0.303 e. The van der Waals surface area contributed by atoms with Crippen LogP contribution in [0.5, 0.6) is 0 Å². The molecule has 0 aliphatic rings. The molecular formula is C12H22N2O4. The Bertz CT molecular complexity index is 292. The molecule has 18 heavy (non-hydrogen) atoms. The predicted molar refractivity (Wildman–Crippen MR) is 67.0 cm³/mol. The molecule has 1 unspecified atom stereocenters. The van der Waals surface area contributed by atoms with Crippen molar-refractivity contribution >= 4 is 17.8 Å². The fraction of sp³-hybridized carbons (Fsp3) is 0.750. The number of nitrogens with one attached hydrogen (secondary N) is 2. The molecular weight excluding hydrogens is 236 g/mol. The normalized spacial score (nSPS) is 11.7. The first-order valence-corrected chi connectivity index (χ1v) is 6.20. The van der Waals surface area contributed by atoms with E-state index >= 15 is 0 Å². The first kappa shape index (κ1) is 16.4. The fourth-order valence-electron chi connectivity index (χ4n) is 1.44. The highest BCUT2D eigenvalue weighted by Crippen LogP contribution is 2.00. The van der Waals surface area contributed by atoms with Gasteiger partial charge in [0.15, 0.2) is 0 Å². The average molecular weight is 258 g/mol. The van der Waals surface area contributed by atoms with E-state index in [2.05, 4.69) is 10.6 Å². The van der Waals surface area contributed by atoms with Gasteiger partial charge in [-0.05, 0) is 19.3 Å². The van der Waals surface area contributed by atoms with Gasteiger partial charge in [0.25, 0.3) is 0 Å². The van der Waals surface area contributed by atoms with Crippen molar-refractivity contribution in [1.82, 2.24) is 10.6 Å². The van der Waals surface area contributed by atoms with Crippen molar-refractivity contribution in [3.05, 3.63) is 0 Å². The standard InChI is InChI=1S/C12H22N2O4/c1-3-13-10(15)5-4-6-11(16)14-8-9(2)7-12(17)18/h9H,3-8H2,1-2H3,(H,13,15)(H,14,16)(H,17,18). The number of carboxylic acid groups (broad SMARTS) is 1. The van der Waals surface area contributed by atoms with E-state index in [0.717, 1.165) is 0 Å². The van der Waals surface area contributed by atoms with E-state index in [1.807, 2.05) is 6.92 Å². The minimum atomic E-state index is -0.868. The van der Waals surface area contributed by atoms with Crippen molar-refractivity contribution in [3.63, 3.8) is 0 Å². The van der Waals surface area contributed by atoms with Crippen molar-refractivity contribution < 1.29 is 19.5 Å². The van der Waals surface area contributed by atoms with E-state index < -0.39 is 5.97 Å². The first-order valence-electron chi connectivity index (χ1n) is 6.20. The van der Waals surface area contributed by atoms with E-state index in [1.54, 1.807) is 6.92 Å². The van der Waals surface area contributed by atoms with Crippen LogP contribution in [-0.4, -0.2) is 36.0 Å². The molecule has 1 atom stereocenters. The van der Waals surface area contributed by atoms with Crippen molar-refractivity contribution in [3.8, 4) is 0 Å². The lowest BCUT2D eigenvalue weighted by molar-refractivity contribution is -0.138. The van der Waals surface area contributed by atoms with Gasteiger partial charge in [-0.25, -0.2) is 0 Å². The summed E-state index contributed by atoms with van der Waals surface area (Å²) in [7, 11) is 0. The van der Waals surface area contributed by atoms with Crippen molar-refractivity contribution in [2.45, 2.75) is 39.5 Å². The van der Waals surface area contributed by atoms with Crippen LogP contribution in [0.4, 0.5) is 0 Å². The van der Waals surface area contributed by atoms with E-state index in [-0.39, 0.29) is 30.6 Å². The molecule has 0 rings (SSSR count). The third kappa shape index (κ3) is 9.62. The van der Waals surface area contributed by atoms with Gasteiger partial charge in [-0.1, -0.05) is 6.92 Å². The Balaban J connectivity index is 3.59. The minimum absolute atomic E-state index is 0.0409. The van der Waals surface area contributed by atoms with Crippen LogP contribution in [0.3, 0.4) is 0 Å². The number of hydrogen-bond acceptors (Lipinski definition) is 3. The first-order chi connectivity index (χ1) is 8.45. The fourth-order valence-corrected chi connectivity index (χ4v) is 1.44. The third-order valence-electron chi connectivity index (χ3n) is 2.35. The molecule has 2 amide bonds. The van der Waals surface area contributed by atoms with Crippen LogP contribution >= 0.6 is 0 Å². The van der Waals surface area contributed by atoms with Crippen molar-refractivity contribution in [2.75, 3.05) is 13.1 Å². The molecule has 0 aromatic heterocycles.